The SMILES string of the molecule is COc1ccc(N2C(=O)CC2C#N)cc1. The Morgan fingerprint density at radius 2 is 2.13 bits per heavy atom. The van der Waals surface area contributed by atoms with Crippen molar-refractivity contribution in [2.75, 3.05) is 12.0 Å². The van der Waals surface area contributed by atoms with Crippen LogP contribution in [0, 0.1) is 11.3 Å². The van der Waals surface area contributed by atoms with E-state index in [4.69, 9.17) is 10.00 Å². The molecule has 0 aromatic heterocycles. The van der Waals surface area contributed by atoms with Crippen LogP contribution in [-0.4, -0.2) is 19.1 Å². The van der Waals surface area contributed by atoms with Gasteiger partial charge in [0.2, 0.25) is 5.91 Å². The van der Waals surface area contributed by atoms with Crippen LogP contribution in [0.1, 0.15) is 6.42 Å². The second kappa shape index (κ2) is 3.62. The number of rotatable bonds is 2. The van der Waals surface area contributed by atoms with Crippen molar-refractivity contribution in [3.8, 4) is 11.8 Å². The van der Waals surface area contributed by atoms with Crippen molar-refractivity contribution in [1.29, 1.82) is 5.26 Å². The molecule has 1 atom stereocenters. The Kier molecular flexibility index (Phi) is 2.30. The van der Waals surface area contributed by atoms with Gasteiger partial charge in [0, 0.05) is 5.69 Å². The molecule has 0 aliphatic carbocycles. The van der Waals surface area contributed by atoms with Gasteiger partial charge in [-0.25, -0.2) is 0 Å². The highest BCUT2D eigenvalue weighted by Gasteiger charge is 2.37. The zero-order chi connectivity index (χ0) is 10.8. The van der Waals surface area contributed by atoms with Crippen molar-refractivity contribution in [1.82, 2.24) is 0 Å². The molecule has 15 heavy (non-hydrogen) atoms. The molecule has 4 heteroatoms. The predicted octanol–water partition coefficient (Wildman–Crippen LogP) is 1.32. The van der Waals surface area contributed by atoms with Gasteiger partial charge in [0.15, 0.2) is 0 Å². The number of hydrogen-bond acceptors (Lipinski definition) is 3. The lowest BCUT2D eigenvalue weighted by molar-refractivity contribution is -0.123. The molecule has 1 amide bonds. The number of carbonyl (C=O) groups excluding carboxylic acids is 1. The number of nitriles is 1. The quantitative estimate of drug-likeness (QED) is 0.680. The first-order valence-corrected chi connectivity index (χ1v) is 4.62. The molecule has 1 fully saturated rings. The number of methoxy groups -OCH3 is 1. The van der Waals surface area contributed by atoms with Gasteiger partial charge in [-0.1, -0.05) is 0 Å². The molecule has 2 rings (SSSR count). The molecule has 1 heterocycles. The van der Waals surface area contributed by atoms with Gasteiger partial charge in [0.05, 0.1) is 19.6 Å². The fourth-order valence-corrected chi connectivity index (χ4v) is 1.59. The molecule has 0 N–H and O–H groups in total. The molecule has 1 unspecified atom stereocenters. The average molecular weight is 202 g/mol. The van der Waals surface area contributed by atoms with Gasteiger partial charge in [-0.05, 0) is 24.3 Å². The van der Waals surface area contributed by atoms with Gasteiger partial charge in [0.25, 0.3) is 0 Å². The summed E-state index contributed by atoms with van der Waals surface area (Å²) in [6, 6.07) is 8.87. The largest absolute Gasteiger partial charge is 0.497 e. The maximum absolute atomic E-state index is 11.3. The van der Waals surface area contributed by atoms with Crippen molar-refractivity contribution in [3.63, 3.8) is 0 Å². The monoisotopic (exact) mass is 202 g/mol. The van der Waals surface area contributed by atoms with E-state index in [0.29, 0.717) is 6.42 Å². The van der Waals surface area contributed by atoms with Gasteiger partial charge in [-0.3, -0.25) is 9.69 Å². The first-order valence-electron chi connectivity index (χ1n) is 4.62. The van der Waals surface area contributed by atoms with Gasteiger partial charge >= 0.3 is 0 Å². The van der Waals surface area contributed by atoms with Crippen LogP contribution in [0.3, 0.4) is 0 Å². The third kappa shape index (κ3) is 1.52. The number of anilines is 1. The highest BCUT2D eigenvalue weighted by molar-refractivity contribution is 6.01. The highest BCUT2D eigenvalue weighted by Crippen LogP contribution is 2.28. The summed E-state index contributed by atoms with van der Waals surface area (Å²) in [7, 11) is 1.59. The Balaban J connectivity index is 2.22. The zero-order valence-electron chi connectivity index (χ0n) is 8.30. The van der Waals surface area contributed by atoms with E-state index in [2.05, 4.69) is 6.07 Å². The molecule has 76 valence electrons. The van der Waals surface area contributed by atoms with Gasteiger partial charge in [0.1, 0.15) is 11.8 Å². The molecular formula is C11H10N2O2. The lowest BCUT2D eigenvalue weighted by atomic mass is 10.0. The third-order valence-corrected chi connectivity index (χ3v) is 2.45. The summed E-state index contributed by atoms with van der Waals surface area (Å²) in [5, 5.41) is 8.77. The van der Waals surface area contributed by atoms with E-state index in [0.717, 1.165) is 11.4 Å². The Bertz CT molecular complexity index is 419. The molecule has 1 aromatic carbocycles. The number of nitrogens with zero attached hydrogens (tertiary/aromatic N) is 2. The summed E-state index contributed by atoms with van der Waals surface area (Å²) in [5.74, 6) is 0.729. The second-order valence-electron chi connectivity index (χ2n) is 3.31. The molecule has 0 bridgehead atoms. The summed E-state index contributed by atoms with van der Waals surface area (Å²) < 4.78 is 5.01. The molecule has 0 spiro atoms. The van der Waals surface area contributed by atoms with Crippen LogP contribution in [-0.2, 0) is 4.79 Å². The molecule has 1 aromatic rings. The molecule has 0 saturated carbocycles. The van der Waals surface area contributed by atoms with Crippen molar-refractivity contribution < 1.29 is 9.53 Å². The third-order valence-electron chi connectivity index (χ3n) is 2.45. The van der Waals surface area contributed by atoms with Gasteiger partial charge in [-0.2, -0.15) is 5.26 Å². The van der Waals surface area contributed by atoms with Gasteiger partial charge in [-0.15, -0.1) is 0 Å². The topological polar surface area (TPSA) is 53.3 Å². The molecule has 1 aliphatic heterocycles. The minimum absolute atomic E-state index is 0.00767. The molecule has 0 radical (unpaired) electrons. The Labute approximate surface area is 87.7 Å². The lowest BCUT2D eigenvalue weighted by Gasteiger charge is -2.35. The van der Waals surface area contributed by atoms with Crippen LogP contribution in [0.2, 0.25) is 0 Å². The van der Waals surface area contributed by atoms with Crippen LogP contribution in [0.25, 0.3) is 0 Å². The van der Waals surface area contributed by atoms with E-state index in [1.807, 2.05) is 0 Å². The lowest BCUT2D eigenvalue weighted by Crippen LogP contribution is -2.52. The van der Waals surface area contributed by atoms with Crippen LogP contribution >= 0.6 is 0 Å². The molecule has 1 saturated heterocycles. The van der Waals surface area contributed by atoms with E-state index in [-0.39, 0.29) is 11.9 Å². The highest BCUT2D eigenvalue weighted by atomic mass is 16.5. The van der Waals surface area contributed by atoms with E-state index >= 15 is 0 Å². The number of β-lactam (4-membered cyclic amide) rings is 1. The summed E-state index contributed by atoms with van der Waals surface area (Å²) in [5.41, 5.74) is 0.749. The summed E-state index contributed by atoms with van der Waals surface area (Å²) in [4.78, 5) is 12.8. The predicted molar refractivity (Wildman–Crippen MR) is 54.5 cm³/mol. The van der Waals surface area contributed by atoms with E-state index in [9.17, 15) is 4.79 Å². The van der Waals surface area contributed by atoms with E-state index < -0.39 is 0 Å². The molecule has 4 nitrogen and oxygen atoms in total. The summed E-state index contributed by atoms with van der Waals surface area (Å²) in [6.07, 6.45) is 0.322. The number of hydrogen-bond donors (Lipinski definition) is 0. The van der Waals surface area contributed by atoms with E-state index in [1.165, 1.54) is 4.90 Å². The smallest absolute Gasteiger partial charge is 0.231 e. The Morgan fingerprint density at radius 3 is 2.60 bits per heavy atom. The molecular weight excluding hydrogens is 192 g/mol. The summed E-state index contributed by atoms with van der Waals surface area (Å²) in [6.45, 7) is 0. The maximum atomic E-state index is 11.3. The fourth-order valence-electron chi connectivity index (χ4n) is 1.59. The number of ether oxygens (including phenoxy) is 1. The Morgan fingerprint density at radius 1 is 1.47 bits per heavy atom. The van der Waals surface area contributed by atoms with Crippen LogP contribution in [0.5, 0.6) is 5.75 Å². The first-order chi connectivity index (χ1) is 7.26. The molecule has 1 aliphatic rings. The van der Waals surface area contributed by atoms with Crippen LogP contribution in [0.15, 0.2) is 24.3 Å². The summed E-state index contributed by atoms with van der Waals surface area (Å²) >= 11 is 0. The number of carbonyl (C=O) groups is 1. The maximum Gasteiger partial charge on any atom is 0.231 e. The minimum Gasteiger partial charge on any atom is -0.497 e. The van der Waals surface area contributed by atoms with Crippen molar-refractivity contribution in [3.05, 3.63) is 24.3 Å². The van der Waals surface area contributed by atoms with Crippen LogP contribution < -0.4 is 9.64 Å². The van der Waals surface area contributed by atoms with E-state index in [1.54, 1.807) is 31.4 Å². The van der Waals surface area contributed by atoms with Crippen molar-refractivity contribution in [2.45, 2.75) is 12.5 Å². The van der Waals surface area contributed by atoms with Crippen molar-refractivity contribution >= 4 is 11.6 Å². The van der Waals surface area contributed by atoms with Gasteiger partial charge < -0.3 is 4.74 Å². The number of benzene rings is 1. The second-order valence-corrected chi connectivity index (χ2v) is 3.31. The fraction of sp³-hybridized carbons (Fsp3) is 0.273. The van der Waals surface area contributed by atoms with Crippen molar-refractivity contribution in [2.24, 2.45) is 0 Å². The first kappa shape index (κ1) is 9.53. The number of amides is 1. The zero-order valence-corrected chi connectivity index (χ0v) is 8.30. The Hall–Kier alpha value is -2.02. The average Bonchev–Trinajstić information content (AvgIpc) is 2.26. The van der Waals surface area contributed by atoms with Crippen LogP contribution in [0.4, 0.5) is 5.69 Å². The minimum atomic E-state index is -0.314. The normalized spacial score (nSPS) is 19.3. The standard InChI is InChI=1S/C11H10N2O2/c1-15-10-4-2-8(3-5-10)13-9(7-12)6-11(13)14/h2-5,9H,6H2,1H3.